The zero-order chi connectivity index (χ0) is 14.1. The van der Waals surface area contributed by atoms with Crippen molar-refractivity contribution < 1.29 is 10.2 Å². The summed E-state index contributed by atoms with van der Waals surface area (Å²) >= 11 is 0. The van der Waals surface area contributed by atoms with E-state index in [1.165, 1.54) is 22.3 Å². The lowest BCUT2D eigenvalue weighted by Gasteiger charge is -2.26. The number of hydrogen-bond donors (Lipinski definition) is 2. The van der Waals surface area contributed by atoms with Crippen molar-refractivity contribution in [2.75, 3.05) is 0 Å². The summed E-state index contributed by atoms with van der Waals surface area (Å²) in [5.74, 6) is 1.23. The van der Waals surface area contributed by atoms with E-state index >= 15 is 0 Å². The predicted octanol–water partition coefficient (Wildman–Crippen LogP) is 3.93. The lowest BCUT2D eigenvalue weighted by molar-refractivity contribution is 0.470. The highest BCUT2D eigenvalue weighted by atomic mass is 16.3. The average Bonchev–Trinajstić information content (AvgIpc) is 2.46. The Bertz CT molecular complexity index is 631. The van der Waals surface area contributed by atoms with Crippen LogP contribution in [0, 0.1) is 0 Å². The Kier molecular flexibility index (Phi) is 3.39. The predicted molar refractivity (Wildman–Crippen MR) is 80.4 cm³/mol. The van der Waals surface area contributed by atoms with E-state index in [1.54, 1.807) is 12.1 Å². The van der Waals surface area contributed by atoms with Gasteiger partial charge in [-0.3, -0.25) is 0 Å². The van der Waals surface area contributed by atoms with Crippen molar-refractivity contribution in [1.29, 1.82) is 0 Å². The molecule has 2 aromatic carbocycles. The lowest BCUT2D eigenvalue weighted by atomic mass is 9.78. The van der Waals surface area contributed by atoms with E-state index in [9.17, 15) is 10.2 Å². The van der Waals surface area contributed by atoms with Gasteiger partial charge in [0, 0.05) is 0 Å². The minimum Gasteiger partial charge on any atom is -0.508 e. The Balaban J connectivity index is 1.92. The maximum Gasteiger partial charge on any atom is 0.115 e. The Morgan fingerprint density at radius 2 is 1.75 bits per heavy atom. The van der Waals surface area contributed by atoms with Crippen LogP contribution in [0.5, 0.6) is 11.5 Å². The SMILES string of the molecule is CCc1cc(O)ccc1C1CCc2cc(O)ccc2C1. The molecule has 1 atom stereocenters. The van der Waals surface area contributed by atoms with Gasteiger partial charge in [0.1, 0.15) is 11.5 Å². The molecule has 1 aliphatic carbocycles. The molecule has 0 bridgehead atoms. The molecular formula is C18H20O2. The highest BCUT2D eigenvalue weighted by Gasteiger charge is 2.22. The average molecular weight is 268 g/mol. The molecule has 1 aliphatic rings. The van der Waals surface area contributed by atoms with Gasteiger partial charge in [-0.25, -0.2) is 0 Å². The number of phenols is 2. The standard InChI is InChI=1S/C18H20O2/c1-2-12-10-17(20)7-8-18(12)15-4-3-14-11-16(19)6-5-13(14)9-15/h5-8,10-11,15,19-20H,2-4,9H2,1H3. The second kappa shape index (κ2) is 5.20. The third-order valence-electron chi connectivity index (χ3n) is 4.37. The molecule has 20 heavy (non-hydrogen) atoms. The zero-order valence-corrected chi connectivity index (χ0v) is 11.8. The molecule has 2 heteroatoms. The molecule has 0 radical (unpaired) electrons. The maximum atomic E-state index is 9.63. The number of aromatic hydroxyl groups is 2. The van der Waals surface area contributed by atoms with Crippen LogP contribution in [0.3, 0.4) is 0 Å². The van der Waals surface area contributed by atoms with Gasteiger partial charge in [0.05, 0.1) is 0 Å². The van der Waals surface area contributed by atoms with E-state index in [4.69, 9.17) is 0 Å². The molecule has 0 saturated heterocycles. The largest absolute Gasteiger partial charge is 0.508 e. The number of fused-ring (bicyclic) bond motifs is 1. The Morgan fingerprint density at radius 3 is 2.55 bits per heavy atom. The summed E-state index contributed by atoms with van der Waals surface area (Å²) in [5, 5.41) is 19.2. The molecular weight excluding hydrogens is 248 g/mol. The van der Waals surface area contributed by atoms with E-state index in [-0.39, 0.29) is 0 Å². The molecule has 0 aliphatic heterocycles. The van der Waals surface area contributed by atoms with Crippen molar-refractivity contribution in [3.05, 3.63) is 58.7 Å². The van der Waals surface area contributed by atoms with Crippen LogP contribution in [0.1, 0.15) is 41.5 Å². The second-order valence-electron chi connectivity index (χ2n) is 5.63. The van der Waals surface area contributed by atoms with Crippen molar-refractivity contribution in [3.8, 4) is 11.5 Å². The van der Waals surface area contributed by atoms with E-state index in [0.29, 0.717) is 17.4 Å². The van der Waals surface area contributed by atoms with Gasteiger partial charge < -0.3 is 10.2 Å². The monoisotopic (exact) mass is 268 g/mol. The molecule has 2 nitrogen and oxygen atoms in total. The third kappa shape index (κ3) is 2.38. The van der Waals surface area contributed by atoms with Gasteiger partial charge in [0.2, 0.25) is 0 Å². The van der Waals surface area contributed by atoms with Crippen LogP contribution in [0.4, 0.5) is 0 Å². The van der Waals surface area contributed by atoms with Crippen molar-refractivity contribution in [1.82, 2.24) is 0 Å². The Hall–Kier alpha value is -1.96. The van der Waals surface area contributed by atoms with Gasteiger partial charge in [-0.2, -0.15) is 0 Å². The van der Waals surface area contributed by atoms with Crippen LogP contribution >= 0.6 is 0 Å². The van der Waals surface area contributed by atoms with Crippen LogP contribution < -0.4 is 0 Å². The summed E-state index contributed by atoms with van der Waals surface area (Å²) in [6.07, 6.45) is 4.09. The first-order chi connectivity index (χ1) is 9.67. The Morgan fingerprint density at radius 1 is 1.00 bits per heavy atom. The fourth-order valence-corrected chi connectivity index (χ4v) is 3.30. The molecule has 3 rings (SSSR count). The molecule has 0 aromatic heterocycles. The first-order valence-electron chi connectivity index (χ1n) is 7.30. The fraction of sp³-hybridized carbons (Fsp3) is 0.333. The summed E-state index contributed by atoms with van der Waals surface area (Å²) in [4.78, 5) is 0. The summed E-state index contributed by atoms with van der Waals surface area (Å²) < 4.78 is 0. The van der Waals surface area contributed by atoms with Gasteiger partial charge in [-0.05, 0) is 78.1 Å². The first-order valence-corrected chi connectivity index (χ1v) is 7.30. The van der Waals surface area contributed by atoms with Gasteiger partial charge >= 0.3 is 0 Å². The van der Waals surface area contributed by atoms with Gasteiger partial charge in [-0.15, -0.1) is 0 Å². The number of phenolic OH excluding ortho intramolecular Hbond substituents is 2. The zero-order valence-electron chi connectivity index (χ0n) is 11.8. The Labute approximate surface area is 119 Å². The summed E-state index contributed by atoms with van der Waals surface area (Å²) in [6, 6.07) is 11.5. The van der Waals surface area contributed by atoms with Gasteiger partial charge in [-0.1, -0.05) is 19.1 Å². The molecule has 2 N–H and O–H groups in total. The van der Waals surface area contributed by atoms with Crippen molar-refractivity contribution in [3.63, 3.8) is 0 Å². The van der Waals surface area contributed by atoms with E-state index in [2.05, 4.69) is 13.0 Å². The van der Waals surface area contributed by atoms with Crippen LogP contribution in [-0.2, 0) is 19.3 Å². The fourth-order valence-electron chi connectivity index (χ4n) is 3.30. The molecule has 104 valence electrons. The number of hydrogen-bond acceptors (Lipinski definition) is 2. The molecule has 0 saturated carbocycles. The molecule has 1 unspecified atom stereocenters. The van der Waals surface area contributed by atoms with Crippen molar-refractivity contribution in [2.45, 2.75) is 38.5 Å². The summed E-state index contributed by atoms with van der Waals surface area (Å²) in [6.45, 7) is 2.13. The van der Waals surface area contributed by atoms with E-state index < -0.39 is 0 Å². The normalized spacial score (nSPS) is 17.8. The van der Waals surface area contributed by atoms with Crippen molar-refractivity contribution in [2.24, 2.45) is 0 Å². The molecule has 0 spiro atoms. The number of benzene rings is 2. The van der Waals surface area contributed by atoms with Gasteiger partial charge in [0.15, 0.2) is 0 Å². The van der Waals surface area contributed by atoms with Crippen LogP contribution in [0.25, 0.3) is 0 Å². The highest BCUT2D eigenvalue weighted by Crippen LogP contribution is 2.36. The summed E-state index contributed by atoms with van der Waals surface area (Å²) in [7, 11) is 0. The van der Waals surface area contributed by atoms with Gasteiger partial charge in [0.25, 0.3) is 0 Å². The third-order valence-corrected chi connectivity index (χ3v) is 4.37. The molecule has 0 fully saturated rings. The van der Waals surface area contributed by atoms with E-state index in [0.717, 1.165) is 25.7 Å². The quantitative estimate of drug-likeness (QED) is 0.866. The number of aryl methyl sites for hydroxylation is 2. The topological polar surface area (TPSA) is 40.5 Å². The van der Waals surface area contributed by atoms with E-state index in [1.807, 2.05) is 18.2 Å². The smallest absolute Gasteiger partial charge is 0.115 e. The number of rotatable bonds is 2. The van der Waals surface area contributed by atoms with Crippen LogP contribution in [-0.4, -0.2) is 10.2 Å². The highest BCUT2D eigenvalue weighted by molar-refractivity contribution is 5.42. The van der Waals surface area contributed by atoms with Crippen molar-refractivity contribution >= 4 is 0 Å². The lowest BCUT2D eigenvalue weighted by Crippen LogP contribution is -2.14. The molecule has 0 amide bonds. The maximum absolute atomic E-state index is 9.63. The van der Waals surface area contributed by atoms with Crippen LogP contribution in [0.2, 0.25) is 0 Å². The minimum atomic E-state index is 0.353. The molecule has 0 heterocycles. The minimum absolute atomic E-state index is 0.353. The first kappa shape index (κ1) is 13.0. The molecule has 2 aromatic rings. The summed E-state index contributed by atoms with van der Waals surface area (Å²) in [5.41, 5.74) is 5.23. The van der Waals surface area contributed by atoms with Crippen LogP contribution in [0.15, 0.2) is 36.4 Å². The second-order valence-corrected chi connectivity index (χ2v) is 5.63.